The van der Waals surface area contributed by atoms with Crippen LogP contribution in [0.25, 0.3) is 6.08 Å². The molecule has 1 aliphatic rings. The third-order valence-electron chi connectivity index (χ3n) is 7.58. The Balaban J connectivity index is 1.54. The monoisotopic (exact) mass is 754 g/mol. The van der Waals surface area contributed by atoms with Crippen molar-refractivity contribution in [3.63, 3.8) is 0 Å². The number of rotatable bonds is 13. The highest BCUT2D eigenvalue weighted by Gasteiger charge is 2.34. The van der Waals surface area contributed by atoms with Crippen LogP contribution in [0.15, 0.2) is 75.7 Å². The van der Waals surface area contributed by atoms with Gasteiger partial charge >= 0.3 is 17.9 Å². The van der Waals surface area contributed by atoms with Crippen molar-refractivity contribution in [2.75, 3.05) is 26.9 Å². The molecule has 1 atom stereocenters. The van der Waals surface area contributed by atoms with Crippen LogP contribution in [0.2, 0.25) is 10.0 Å². The van der Waals surface area contributed by atoms with Crippen molar-refractivity contribution in [3.05, 3.63) is 118 Å². The van der Waals surface area contributed by atoms with Crippen LogP contribution >= 0.6 is 34.5 Å². The second-order valence-corrected chi connectivity index (χ2v) is 12.7. The fourth-order valence-corrected chi connectivity index (χ4v) is 6.90. The average Bonchev–Trinajstić information content (AvgIpc) is 3.40. The molecule has 1 aromatic heterocycles. The number of hydrogen-bond acceptors (Lipinski definition) is 11. The van der Waals surface area contributed by atoms with E-state index in [1.54, 1.807) is 69.3 Å². The number of aromatic nitrogens is 1. The quantitative estimate of drug-likeness (QED) is 0.177. The van der Waals surface area contributed by atoms with Crippen molar-refractivity contribution in [1.82, 2.24) is 4.57 Å². The predicted molar refractivity (Wildman–Crippen MR) is 190 cm³/mol. The molecule has 0 bridgehead atoms. The zero-order valence-corrected chi connectivity index (χ0v) is 30.2. The molecule has 5 rings (SSSR count). The van der Waals surface area contributed by atoms with Crippen molar-refractivity contribution in [2.24, 2.45) is 4.99 Å². The van der Waals surface area contributed by atoms with E-state index in [0.29, 0.717) is 37.5 Å². The number of carboxylic acids is 1. The second-order valence-electron chi connectivity index (χ2n) is 10.9. The van der Waals surface area contributed by atoms with Gasteiger partial charge in [-0.25, -0.2) is 19.4 Å². The van der Waals surface area contributed by atoms with Gasteiger partial charge in [0.2, 0.25) is 0 Å². The number of thiazole rings is 1. The zero-order valence-electron chi connectivity index (χ0n) is 27.9. The second kappa shape index (κ2) is 16.3. The number of hydrogen-bond donors (Lipinski definition) is 1. The minimum absolute atomic E-state index is 0.0861. The van der Waals surface area contributed by atoms with Crippen LogP contribution in [-0.2, 0) is 25.7 Å². The number of allylic oxidation sites excluding steroid dienone is 1. The number of methoxy groups -OCH3 is 1. The summed E-state index contributed by atoms with van der Waals surface area (Å²) in [5, 5.41) is 9.51. The lowest BCUT2D eigenvalue weighted by atomic mass is 9.95. The number of halogens is 2. The minimum Gasteiger partial charge on any atom is -0.490 e. The first-order chi connectivity index (χ1) is 24.4. The molecule has 0 amide bonds. The van der Waals surface area contributed by atoms with Gasteiger partial charge < -0.3 is 28.8 Å². The number of carbonyl (C=O) groups is 3. The molecule has 0 aliphatic carbocycles. The molecule has 2 heterocycles. The minimum atomic E-state index is -1.03. The van der Waals surface area contributed by atoms with Crippen LogP contribution < -0.4 is 29.1 Å². The summed E-state index contributed by atoms with van der Waals surface area (Å²) in [5.74, 6) is -1.45. The highest BCUT2D eigenvalue weighted by Crippen LogP contribution is 2.37. The van der Waals surface area contributed by atoms with Crippen molar-refractivity contribution >= 4 is 58.5 Å². The molecular weight excluding hydrogens is 723 g/mol. The summed E-state index contributed by atoms with van der Waals surface area (Å²) < 4.78 is 29.1. The van der Waals surface area contributed by atoms with E-state index in [1.165, 1.54) is 23.8 Å². The van der Waals surface area contributed by atoms with E-state index in [4.69, 9.17) is 47.3 Å². The first-order valence-corrected chi connectivity index (χ1v) is 17.1. The molecule has 1 N–H and O–H groups in total. The van der Waals surface area contributed by atoms with E-state index in [9.17, 15) is 19.2 Å². The molecule has 0 unspecified atom stereocenters. The Kier molecular flexibility index (Phi) is 11.9. The molecule has 0 saturated carbocycles. The van der Waals surface area contributed by atoms with E-state index < -0.39 is 29.5 Å². The van der Waals surface area contributed by atoms with Gasteiger partial charge in [-0.15, -0.1) is 0 Å². The van der Waals surface area contributed by atoms with Gasteiger partial charge in [-0.05, 0) is 79.9 Å². The molecule has 51 heavy (non-hydrogen) atoms. The van der Waals surface area contributed by atoms with E-state index in [2.05, 4.69) is 9.73 Å². The zero-order chi connectivity index (χ0) is 36.8. The number of ether oxygens (including phenoxy) is 5. The molecule has 0 saturated heterocycles. The summed E-state index contributed by atoms with van der Waals surface area (Å²) >= 11 is 14.3. The normalized spacial score (nSPS) is 14.0. The highest BCUT2D eigenvalue weighted by atomic mass is 35.5. The lowest BCUT2D eigenvalue weighted by Gasteiger charge is -2.25. The summed E-state index contributed by atoms with van der Waals surface area (Å²) in [5.41, 5.74) is 2.00. The standard InChI is InChI=1S/C36H32Cl2N2O10S/c1-5-47-27-16-23(11-12-26(27)49-18-29(41)46-4)31-30(35(45)48-6-2)19(3)39-36-40(31)33(42)28(51-36)15-21-13-24(37)32(25(38)14-21)50-17-20-7-9-22(10-8-20)34(43)44/h7-16,31H,5-6,17-18H2,1-4H3,(H,43,44)/b28-15-/t31-/m1/s1. The topological polar surface area (TPSA) is 152 Å². The third-order valence-corrected chi connectivity index (χ3v) is 9.12. The van der Waals surface area contributed by atoms with Crippen LogP contribution in [0.1, 0.15) is 53.9 Å². The Labute approximate surface area is 305 Å². The van der Waals surface area contributed by atoms with Crippen molar-refractivity contribution in [3.8, 4) is 17.2 Å². The molecule has 0 radical (unpaired) electrons. The molecule has 3 aromatic carbocycles. The van der Waals surface area contributed by atoms with Crippen molar-refractivity contribution in [2.45, 2.75) is 33.4 Å². The fourth-order valence-electron chi connectivity index (χ4n) is 5.24. The molecule has 266 valence electrons. The third kappa shape index (κ3) is 8.28. The molecular formula is C36H32Cl2N2O10S. The number of aromatic carboxylic acids is 1. The van der Waals surface area contributed by atoms with Crippen LogP contribution in [-0.4, -0.2) is 54.5 Å². The Morgan fingerprint density at radius 2 is 1.67 bits per heavy atom. The van der Waals surface area contributed by atoms with Gasteiger partial charge in [-0.2, -0.15) is 0 Å². The lowest BCUT2D eigenvalue weighted by Crippen LogP contribution is -2.40. The number of carboxylic acid groups (broad SMARTS) is 1. The van der Waals surface area contributed by atoms with E-state index in [1.807, 2.05) is 0 Å². The van der Waals surface area contributed by atoms with E-state index >= 15 is 0 Å². The van der Waals surface area contributed by atoms with Crippen LogP contribution in [0.4, 0.5) is 0 Å². The van der Waals surface area contributed by atoms with Crippen molar-refractivity contribution < 1.29 is 43.2 Å². The van der Waals surface area contributed by atoms with Gasteiger partial charge in [0.15, 0.2) is 28.7 Å². The van der Waals surface area contributed by atoms with E-state index in [0.717, 1.165) is 11.3 Å². The average molecular weight is 756 g/mol. The Morgan fingerprint density at radius 1 is 0.961 bits per heavy atom. The summed E-state index contributed by atoms with van der Waals surface area (Å²) in [6, 6.07) is 13.4. The van der Waals surface area contributed by atoms with Gasteiger partial charge in [-0.3, -0.25) is 9.36 Å². The Bertz CT molecular complexity index is 2190. The molecule has 0 spiro atoms. The summed E-state index contributed by atoms with van der Waals surface area (Å²) in [7, 11) is 1.25. The van der Waals surface area contributed by atoms with Crippen LogP contribution in [0.5, 0.6) is 17.2 Å². The van der Waals surface area contributed by atoms with Gasteiger partial charge in [0, 0.05) is 0 Å². The highest BCUT2D eigenvalue weighted by molar-refractivity contribution is 7.07. The maximum absolute atomic E-state index is 14.2. The molecule has 1 aliphatic heterocycles. The van der Waals surface area contributed by atoms with Gasteiger partial charge in [0.25, 0.3) is 5.56 Å². The van der Waals surface area contributed by atoms with Gasteiger partial charge in [0.1, 0.15) is 6.61 Å². The Hall–Kier alpha value is -5.11. The smallest absolute Gasteiger partial charge is 0.343 e. The van der Waals surface area contributed by atoms with Gasteiger partial charge in [0.05, 0.1) is 57.8 Å². The first kappa shape index (κ1) is 37.2. The molecule has 4 aromatic rings. The number of carbonyl (C=O) groups excluding carboxylic acids is 2. The van der Waals surface area contributed by atoms with E-state index in [-0.39, 0.29) is 59.1 Å². The maximum atomic E-state index is 14.2. The molecule has 12 nitrogen and oxygen atoms in total. The van der Waals surface area contributed by atoms with Gasteiger partial charge in [-0.1, -0.05) is 52.7 Å². The van der Waals surface area contributed by atoms with Crippen LogP contribution in [0, 0.1) is 0 Å². The fraction of sp³-hybridized carbons (Fsp3) is 0.250. The number of benzene rings is 3. The SMILES string of the molecule is CCOC(=O)C1=C(C)N=c2s/c(=C\c3cc(Cl)c(OCc4ccc(C(=O)O)cc4)c(Cl)c3)c(=O)n2[C@@H]1c1ccc(OCC(=O)OC)c(OCC)c1. The largest absolute Gasteiger partial charge is 0.490 e. The summed E-state index contributed by atoms with van der Waals surface area (Å²) in [4.78, 5) is 55.3. The first-order valence-electron chi connectivity index (χ1n) is 15.6. The Morgan fingerprint density at radius 3 is 2.29 bits per heavy atom. The molecule has 0 fully saturated rings. The number of esters is 2. The van der Waals surface area contributed by atoms with Crippen LogP contribution in [0.3, 0.4) is 0 Å². The predicted octanol–water partition coefficient (Wildman–Crippen LogP) is 5.33. The van der Waals surface area contributed by atoms with Crippen molar-refractivity contribution in [1.29, 1.82) is 0 Å². The summed E-state index contributed by atoms with van der Waals surface area (Å²) in [6.07, 6.45) is 1.62. The number of fused-ring (bicyclic) bond motifs is 1. The maximum Gasteiger partial charge on any atom is 0.343 e. The molecule has 15 heteroatoms. The lowest BCUT2D eigenvalue weighted by molar-refractivity contribution is -0.143. The summed E-state index contributed by atoms with van der Waals surface area (Å²) in [6.45, 7) is 5.26. The number of nitrogens with zero attached hydrogens (tertiary/aromatic N) is 2.